The Kier molecular flexibility index (Phi) is 6.76. The fourth-order valence-corrected chi connectivity index (χ4v) is 2.12. The van der Waals surface area contributed by atoms with E-state index in [4.69, 9.17) is 0 Å². The molecule has 5 heteroatoms. The average Bonchev–Trinajstić information content (AvgIpc) is 2.81. The van der Waals surface area contributed by atoms with Crippen LogP contribution in [-0.4, -0.2) is 21.6 Å². The molecule has 1 aliphatic rings. The molecule has 0 aliphatic carbocycles. The molecule has 1 saturated heterocycles. The molecule has 1 atom stereocenters. The summed E-state index contributed by atoms with van der Waals surface area (Å²) >= 11 is 0. The van der Waals surface area contributed by atoms with Crippen molar-refractivity contribution in [2.45, 2.75) is 46.5 Å². The van der Waals surface area contributed by atoms with Crippen molar-refractivity contribution in [2.75, 3.05) is 0 Å². The van der Waals surface area contributed by atoms with E-state index in [1.807, 2.05) is 19.1 Å². The maximum atomic E-state index is 11.8. The highest BCUT2D eigenvalue weighted by molar-refractivity contribution is 6.01. The molecule has 120 valence electrons. The fraction of sp³-hybridized carbons (Fsp3) is 0.471. The topological polar surface area (TPSA) is 64.0 Å². The van der Waals surface area contributed by atoms with Crippen molar-refractivity contribution in [3.63, 3.8) is 0 Å². The van der Waals surface area contributed by atoms with Gasteiger partial charge in [0.05, 0.1) is 17.8 Å². The maximum absolute atomic E-state index is 11.8. The number of hydrogen-bond donors (Lipinski definition) is 1. The highest BCUT2D eigenvalue weighted by Crippen LogP contribution is 2.28. The van der Waals surface area contributed by atoms with Crippen LogP contribution in [0.4, 0.5) is 0 Å². The molecule has 1 N–H and O–H groups in total. The van der Waals surface area contributed by atoms with Gasteiger partial charge in [0.1, 0.15) is 0 Å². The maximum Gasteiger partial charge on any atom is 0.234 e. The Hall–Kier alpha value is -2.17. The van der Waals surface area contributed by atoms with Crippen LogP contribution in [0.2, 0.25) is 0 Å². The van der Waals surface area contributed by atoms with Crippen LogP contribution >= 0.6 is 0 Å². The lowest BCUT2D eigenvalue weighted by Crippen LogP contribution is -2.39. The summed E-state index contributed by atoms with van der Waals surface area (Å²) in [5.41, 5.74) is 1.67. The lowest BCUT2D eigenvalue weighted by Gasteiger charge is -2.20. The van der Waals surface area contributed by atoms with E-state index in [1.54, 1.807) is 17.1 Å². The third-order valence-electron chi connectivity index (χ3n) is 2.98. The zero-order chi connectivity index (χ0) is 16.7. The van der Waals surface area contributed by atoms with Gasteiger partial charge in [0.25, 0.3) is 0 Å². The van der Waals surface area contributed by atoms with Gasteiger partial charge in [-0.15, -0.1) is 0 Å². The normalized spacial score (nSPS) is 18.1. The van der Waals surface area contributed by atoms with Crippen LogP contribution in [0.1, 0.15) is 57.7 Å². The summed E-state index contributed by atoms with van der Waals surface area (Å²) < 4.78 is 1.62. The standard InChI is InChI=1S/C13H15N3O2.C4H10/c1-3-5-11-10(8-14-16(11)4-2)9-6-7-12(17)15-13(9)18;1-4(2)3/h3-5,8-9H,2,6-7H2,1H3,(H,15,17,18);4H,1-3H3/b5-3-;. The molecule has 1 aliphatic heterocycles. The molecule has 2 rings (SSSR count). The summed E-state index contributed by atoms with van der Waals surface area (Å²) in [6.07, 6.45) is 7.91. The number of allylic oxidation sites excluding steroid dienone is 1. The second kappa shape index (κ2) is 8.32. The Morgan fingerprint density at radius 3 is 2.55 bits per heavy atom. The number of carbonyl (C=O) groups is 2. The molecule has 2 amide bonds. The summed E-state index contributed by atoms with van der Waals surface area (Å²) in [4.78, 5) is 23.0. The summed E-state index contributed by atoms with van der Waals surface area (Å²) in [6, 6.07) is 0. The van der Waals surface area contributed by atoms with Gasteiger partial charge < -0.3 is 0 Å². The minimum Gasteiger partial charge on any atom is -0.296 e. The van der Waals surface area contributed by atoms with Gasteiger partial charge in [-0.2, -0.15) is 5.10 Å². The molecule has 0 bridgehead atoms. The van der Waals surface area contributed by atoms with Crippen LogP contribution in [0, 0.1) is 5.92 Å². The van der Waals surface area contributed by atoms with Gasteiger partial charge in [-0.1, -0.05) is 33.4 Å². The second-order valence-electron chi connectivity index (χ2n) is 5.85. The summed E-state index contributed by atoms with van der Waals surface area (Å²) in [5, 5.41) is 6.52. The number of aromatic nitrogens is 2. The fourth-order valence-electron chi connectivity index (χ4n) is 2.12. The van der Waals surface area contributed by atoms with Crippen molar-refractivity contribution in [3.8, 4) is 0 Å². The quantitative estimate of drug-likeness (QED) is 0.872. The molecule has 22 heavy (non-hydrogen) atoms. The molecule has 1 fully saturated rings. The summed E-state index contributed by atoms with van der Waals surface area (Å²) in [6.45, 7) is 12.1. The first-order valence-corrected chi connectivity index (χ1v) is 7.57. The third kappa shape index (κ3) is 4.69. The van der Waals surface area contributed by atoms with Gasteiger partial charge in [-0.05, 0) is 25.3 Å². The first kappa shape index (κ1) is 17.9. The first-order chi connectivity index (χ1) is 10.4. The molecule has 0 saturated carbocycles. The van der Waals surface area contributed by atoms with E-state index >= 15 is 0 Å². The van der Waals surface area contributed by atoms with E-state index < -0.39 is 0 Å². The highest BCUT2D eigenvalue weighted by Gasteiger charge is 2.30. The van der Waals surface area contributed by atoms with Crippen molar-refractivity contribution in [1.82, 2.24) is 15.1 Å². The Morgan fingerprint density at radius 2 is 2.05 bits per heavy atom. The molecule has 2 heterocycles. The van der Waals surface area contributed by atoms with Crippen LogP contribution in [0.3, 0.4) is 0 Å². The molecular weight excluding hydrogens is 278 g/mol. The number of hydrogen-bond acceptors (Lipinski definition) is 3. The number of imide groups is 1. The van der Waals surface area contributed by atoms with Gasteiger partial charge in [0, 0.05) is 18.2 Å². The SMILES string of the molecule is C=Cn1ncc(C2CCC(=O)NC2=O)c1/C=C\C.CC(C)C. The molecule has 0 spiro atoms. The van der Waals surface area contributed by atoms with Gasteiger partial charge >= 0.3 is 0 Å². The minimum absolute atomic E-state index is 0.208. The Balaban J connectivity index is 0.000000541. The van der Waals surface area contributed by atoms with Crippen LogP contribution in [0.5, 0.6) is 0 Å². The highest BCUT2D eigenvalue weighted by atomic mass is 16.2. The third-order valence-corrected chi connectivity index (χ3v) is 2.98. The molecule has 5 nitrogen and oxygen atoms in total. The van der Waals surface area contributed by atoms with E-state index in [1.165, 1.54) is 0 Å². The van der Waals surface area contributed by atoms with E-state index in [9.17, 15) is 9.59 Å². The average molecular weight is 303 g/mol. The van der Waals surface area contributed by atoms with Crippen LogP contribution in [0.15, 0.2) is 18.9 Å². The van der Waals surface area contributed by atoms with E-state index in [0.29, 0.717) is 12.8 Å². The van der Waals surface area contributed by atoms with Gasteiger partial charge in [0.2, 0.25) is 11.8 Å². The number of carbonyl (C=O) groups excluding carboxylic acids is 2. The summed E-state index contributed by atoms with van der Waals surface area (Å²) in [7, 11) is 0. The molecule has 0 radical (unpaired) electrons. The second-order valence-corrected chi connectivity index (χ2v) is 5.85. The number of rotatable bonds is 3. The molecule has 1 aromatic heterocycles. The zero-order valence-electron chi connectivity index (χ0n) is 13.8. The van der Waals surface area contributed by atoms with Gasteiger partial charge in [0.15, 0.2) is 0 Å². The molecule has 1 unspecified atom stereocenters. The number of piperidine rings is 1. The predicted molar refractivity (Wildman–Crippen MR) is 89.0 cm³/mol. The monoisotopic (exact) mass is 303 g/mol. The minimum atomic E-state index is -0.317. The van der Waals surface area contributed by atoms with E-state index in [-0.39, 0.29) is 17.7 Å². The van der Waals surface area contributed by atoms with Gasteiger partial charge in [-0.3, -0.25) is 14.9 Å². The number of amides is 2. The molecular formula is C17H25N3O2. The zero-order valence-corrected chi connectivity index (χ0v) is 13.8. The Morgan fingerprint density at radius 1 is 1.41 bits per heavy atom. The van der Waals surface area contributed by atoms with Crippen LogP contribution < -0.4 is 5.32 Å². The smallest absolute Gasteiger partial charge is 0.234 e. The number of nitrogens with zero attached hydrogens (tertiary/aromatic N) is 2. The Bertz CT molecular complexity index is 568. The summed E-state index contributed by atoms with van der Waals surface area (Å²) in [5.74, 6) is 0.0585. The molecule has 1 aromatic rings. The van der Waals surface area contributed by atoms with Crippen molar-refractivity contribution in [2.24, 2.45) is 5.92 Å². The van der Waals surface area contributed by atoms with Crippen LogP contribution in [0.25, 0.3) is 12.3 Å². The van der Waals surface area contributed by atoms with E-state index in [0.717, 1.165) is 17.2 Å². The molecule has 0 aromatic carbocycles. The van der Waals surface area contributed by atoms with Crippen LogP contribution in [-0.2, 0) is 9.59 Å². The van der Waals surface area contributed by atoms with Crippen molar-refractivity contribution < 1.29 is 9.59 Å². The van der Waals surface area contributed by atoms with E-state index in [2.05, 4.69) is 37.8 Å². The number of nitrogens with one attached hydrogen (secondary N) is 1. The van der Waals surface area contributed by atoms with Crippen molar-refractivity contribution in [1.29, 1.82) is 0 Å². The van der Waals surface area contributed by atoms with Crippen molar-refractivity contribution in [3.05, 3.63) is 30.1 Å². The predicted octanol–water partition coefficient (Wildman–Crippen LogP) is 3.20. The Labute approximate surface area is 132 Å². The lowest BCUT2D eigenvalue weighted by molar-refractivity contribution is -0.134. The van der Waals surface area contributed by atoms with Gasteiger partial charge in [-0.25, -0.2) is 4.68 Å². The first-order valence-electron chi connectivity index (χ1n) is 7.57. The lowest BCUT2D eigenvalue weighted by atomic mass is 9.90. The largest absolute Gasteiger partial charge is 0.296 e. The van der Waals surface area contributed by atoms with Crippen molar-refractivity contribution >= 4 is 24.1 Å².